The molecule has 2 aromatic heterocycles. The summed E-state index contributed by atoms with van der Waals surface area (Å²) in [6, 6.07) is 7.64. The highest BCUT2D eigenvalue weighted by atomic mass is 19.4. The minimum absolute atomic E-state index is 0.101. The van der Waals surface area contributed by atoms with Gasteiger partial charge in [-0.15, -0.1) is 0 Å². The Balaban J connectivity index is 1.20. The highest BCUT2D eigenvalue weighted by Crippen LogP contribution is 2.52. The molecule has 1 amide bonds. The third-order valence-corrected chi connectivity index (χ3v) is 10.6. The summed E-state index contributed by atoms with van der Waals surface area (Å²) in [5, 5.41) is 12.8. The molecule has 4 aliphatic rings. The van der Waals surface area contributed by atoms with Crippen LogP contribution in [0.2, 0.25) is 0 Å². The van der Waals surface area contributed by atoms with Crippen LogP contribution >= 0.6 is 0 Å². The van der Waals surface area contributed by atoms with Crippen molar-refractivity contribution in [2.75, 3.05) is 29.4 Å². The largest absolute Gasteiger partial charge is 0.479 e. The van der Waals surface area contributed by atoms with Crippen molar-refractivity contribution in [1.82, 2.24) is 25.3 Å². The highest BCUT2D eigenvalue weighted by Gasteiger charge is 2.57. The summed E-state index contributed by atoms with van der Waals surface area (Å²) in [5.41, 5.74) is -1.32. The number of rotatable bonds is 5. The number of amides is 1. The van der Waals surface area contributed by atoms with Gasteiger partial charge in [-0.1, -0.05) is 24.6 Å². The second-order valence-corrected chi connectivity index (χ2v) is 13.7. The van der Waals surface area contributed by atoms with E-state index in [-0.39, 0.29) is 35.5 Å². The Bertz CT molecular complexity index is 1680. The molecule has 10 nitrogen and oxygen atoms in total. The molecule has 1 aromatic carbocycles. The van der Waals surface area contributed by atoms with E-state index in [0.717, 1.165) is 42.3 Å². The van der Waals surface area contributed by atoms with Crippen LogP contribution in [0.5, 0.6) is 0 Å². The number of aliphatic carboxylic acids is 1. The number of benzene rings is 1. The lowest BCUT2D eigenvalue weighted by Crippen LogP contribution is -2.57. The van der Waals surface area contributed by atoms with Gasteiger partial charge in [0, 0.05) is 49.3 Å². The van der Waals surface area contributed by atoms with E-state index in [1.165, 1.54) is 0 Å². The lowest BCUT2D eigenvalue weighted by atomic mass is 9.74. The maximum absolute atomic E-state index is 14.6. The number of aryl methyl sites for hydroxylation is 1. The van der Waals surface area contributed by atoms with Gasteiger partial charge >= 0.3 is 12.1 Å². The number of carbonyl (C=O) groups is 2. The number of piperidine rings is 1. The van der Waals surface area contributed by atoms with Gasteiger partial charge in [-0.2, -0.15) is 13.2 Å². The molecule has 4 heterocycles. The first-order valence-electron chi connectivity index (χ1n) is 15.8. The smallest absolute Gasteiger partial charge is 0.434 e. The highest BCUT2D eigenvalue weighted by molar-refractivity contribution is 5.99. The van der Waals surface area contributed by atoms with E-state index >= 15 is 0 Å². The summed E-state index contributed by atoms with van der Waals surface area (Å²) >= 11 is 0. The van der Waals surface area contributed by atoms with Crippen LogP contribution in [0.15, 0.2) is 42.9 Å². The minimum atomic E-state index is -4.98. The number of carboxylic acids is 1. The molecule has 2 N–H and O–H groups in total. The van der Waals surface area contributed by atoms with Crippen molar-refractivity contribution in [3.63, 3.8) is 0 Å². The van der Waals surface area contributed by atoms with Crippen LogP contribution in [0.4, 0.5) is 30.8 Å². The topological polar surface area (TPSA) is 124 Å². The lowest BCUT2D eigenvalue weighted by Gasteiger charge is -2.40. The van der Waals surface area contributed by atoms with Gasteiger partial charge in [0.25, 0.3) is 5.91 Å². The van der Waals surface area contributed by atoms with Gasteiger partial charge in [0.1, 0.15) is 5.54 Å². The van der Waals surface area contributed by atoms with E-state index in [4.69, 9.17) is 0 Å². The average Bonchev–Trinajstić information content (AvgIpc) is 3.47. The SMILES string of the molecule is Cc1ccc2c(c1)C1(CCN(c3ncccn3)CC1)CN2c1ncc(C(=O)NC2(C(=O)O)CC3CC(C)CC2C3)c(C(F)(F)F)n1. The number of hydrogen-bond acceptors (Lipinski definition) is 8. The van der Waals surface area contributed by atoms with Gasteiger partial charge in [-0.3, -0.25) is 4.79 Å². The van der Waals surface area contributed by atoms with Gasteiger partial charge in [0.05, 0.1) is 5.56 Å². The number of nitrogens with zero attached hydrogens (tertiary/aromatic N) is 6. The Labute approximate surface area is 264 Å². The summed E-state index contributed by atoms with van der Waals surface area (Å²) in [6.45, 7) is 5.74. The van der Waals surface area contributed by atoms with Crippen molar-refractivity contribution in [2.45, 2.75) is 69.5 Å². The van der Waals surface area contributed by atoms with E-state index < -0.39 is 34.8 Å². The van der Waals surface area contributed by atoms with Crippen LogP contribution < -0.4 is 15.1 Å². The number of hydrogen-bond donors (Lipinski definition) is 2. The standard InChI is InChI=1S/C33H36F3N7O3/c1-19-4-5-25-24(14-19)31(6-10-42(11-7-31)29-37-8-3-9-38-29)18-43(25)30-39-17-23(26(40-30)33(34,35)36)27(44)41-32(28(45)46)16-21-12-20(2)13-22(32)15-21/h3-5,8-9,14,17,20-22H,6-7,10-13,15-16,18H2,1-2H3,(H,41,44)(H,45,46). The Kier molecular flexibility index (Phi) is 7.20. The molecular formula is C33H36F3N7O3. The minimum Gasteiger partial charge on any atom is -0.479 e. The fourth-order valence-electron chi connectivity index (χ4n) is 8.54. The van der Waals surface area contributed by atoms with Gasteiger partial charge in [-0.05, 0) is 80.9 Å². The monoisotopic (exact) mass is 635 g/mol. The van der Waals surface area contributed by atoms with Crippen molar-refractivity contribution >= 4 is 29.5 Å². The Hall–Kier alpha value is -4.29. The zero-order valence-electron chi connectivity index (χ0n) is 25.7. The molecular weight excluding hydrogens is 599 g/mol. The number of fused-ring (bicyclic) bond motifs is 4. The second kappa shape index (κ2) is 10.9. The summed E-state index contributed by atoms with van der Waals surface area (Å²) in [7, 11) is 0. The summed E-state index contributed by atoms with van der Waals surface area (Å²) < 4.78 is 43.8. The fraction of sp³-hybridized carbons (Fsp3) is 0.515. The second-order valence-electron chi connectivity index (χ2n) is 13.7. The molecule has 3 aromatic rings. The van der Waals surface area contributed by atoms with Crippen molar-refractivity contribution in [3.8, 4) is 0 Å². The molecule has 2 saturated carbocycles. The molecule has 7 rings (SSSR count). The molecule has 4 atom stereocenters. The molecule has 1 saturated heterocycles. The summed E-state index contributed by atoms with van der Waals surface area (Å²) in [6.07, 6.45) is 3.02. The molecule has 2 aliphatic carbocycles. The Morgan fingerprint density at radius 1 is 1.04 bits per heavy atom. The van der Waals surface area contributed by atoms with Crippen molar-refractivity contribution in [1.29, 1.82) is 0 Å². The van der Waals surface area contributed by atoms with Crippen LogP contribution in [-0.4, -0.2) is 62.1 Å². The molecule has 4 unspecified atom stereocenters. The number of carboxylic acid groups (broad SMARTS) is 1. The normalized spacial score (nSPS) is 26.7. The maximum Gasteiger partial charge on any atom is 0.434 e. The van der Waals surface area contributed by atoms with Gasteiger partial charge in [0.15, 0.2) is 5.69 Å². The quantitative estimate of drug-likeness (QED) is 0.385. The maximum atomic E-state index is 14.6. The molecule has 242 valence electrons. The van der Waals surface area contributed by atoms with Gasteiger partial charge in [-0.25, -0.2) is 24.7 Å². The number of nitrogens with one attached hydrogen (secondary N) is 1. The van der Waals surface area contributed by atoms with Crippen LogP contribution in [0, 0.1) is 24.7 Å². The number of carbonyl (C=O) groups excluding carboxylic acids is 1. The summed E-state index contributed by atoms with van der Waals surface area (Å²) in [5.74, 6) is -1.81. The van der Waals surface area contributed by atoms with Crippen molar-refractivity contribution < 1.29 is 27.9 Å². The number of aromatic nitrogens is 4. The molecule has 46 heavy (non-hydrogen) atoms. The van der Waals surface area contributed by atoms with E-state index in [1.54, 1.807) is 23.4 Å². The van der Waals surface area contributed by atoms with E-state index in [2.05, 4.69) is 36.2 Å². The first kappa shape index (κ1) is 30.4. The van der Waals surface area contributed by atoms with Crippen LogP contribution in [-0.2, 0) is 16.4 Å². The zero-order chi connectivity index (χ0) is 32.4. The molecule has 2 aliphatic heterocycles. The third kappa shape index (κ3) is 5.04. The first-order valence-corrected chi connectivity index (χ1v) is 15.8. The molecule has 13 heteroatoms. The number of halogens is 3. The van der Waals surface area contributed by atoms with E-state index in [1.807, 2.05) is 26.0 Å². The Morgan fingerprint density at radius 3 is 2.48 bits per heavy atom. The predicted molar refractivity (Wildman–Crippen MR) is 163 cm³/mol. The third-order valence-electron chi connectivity index (χ3n) is 10.6. The molecule has 3 fully saturated rings. The van der Waals surface area contributed by atoms with E-state index in [9.17, 15) is 27.9 Å². The summed E-state index contributed by atoms with van der Waals surface area (Å²) in [4.78, 5) is 46.9. The van der Waals surface area contributed by atoms with Crippen molar-refractivity contribution in [3.05, 3.63) is 65.2 Å². The predicted octanol–water partition coefficient (Wildman–Crippen LogP) is 5.29. The first-order chi connectivity index (χ1) is 21.9. The number of anilines is 3. The lowest BCUT2D eigenvalue weighted by molar-refractivity contribution is -0.146. The molecule has 2 bridgehead atoms. The van der Waals surface area contributed by atoms with Gasteiger partial charge < -0.3 is 20.2 Å². The van der Waals surface area contributed by atoms with Crippen LogP contribution in [0.1, 0.15) is 72.6 Å². The van der Waals surface area contributed by atoms with Crippen LogP contribution in [0.25, 0.3) is 0 Å². The van der Waals surface area contributed by atoms with Gasteiger partial charge in [0.2, 0.25) is 11.9 Å². The molecule has 0 radical (unpaired) electrons. The average molecular weight is 636 g/mol. The fourth-order valence-corrected chi connectivity index (χ4v) is 8.54. The Morgan fingerprint density at radius 2 is 1.78 bits per heavy atom. The van der Waals surface area contributed by atoms with E-state index in [0.29, 0.717) is 38.4 Å². The number of alkyl halides is 3. The zero-order valence-corrected chi connectivity index (χ0v) is 25.7. The molecule has 1 spiro atoms. The van der Waals surface area contributed by atoms with Crippen LogP contribution in [0.3, 0.4) is 0 Å². The van der Waals surface area contributed by atoms with Crippen molar-refractivity contribution in [2.24, 2.45) is 17.8 Å².